The van der Waals surface area contributed by atoms with Crippen LogP contribution in [0.5, 0.6) is 0 Å². The fourth-order valence-corrected chi connectivity index (χ4v) is 1.15. The largest absolute Gasteiger partial charge is 0.409 e. The highest BCUT2D eigenvalue weighted by molar-refractivity contribution is 5.96. The summed E-state index contributed by atoms with van der Waals surface area (Å²) in [7, 11) is 1.59. The second-order valence-corrected chi connectivity index (χ2v) is 3.12. The Bertz CT molecular complexity index is 362. The summed E-state index contributed by atoms with van der Waals surface area (Å²) < 4.78 is 0. The summed E-state index contributed by atoms with van der Waals surface area (Å²) in [5, 5.41) is 11.2. The summed E-state index contributed by atoms with van der Waals surface area (Å²) in [5.41, 5.74) is 5.87. The van der Waals surface area contributed by atoms with Crippen molar-refractivity contribution in [2.24, 2.45) is 10.9 Å². The lowest BCUT2D eigenvalue weighted by Crippen LogP contribution is -2.35. The SMILES string of the molecule is CN(CC(N)=NO)C(=O)c1ccccc1. The molecule has 5 heteroatoms. The Hall–Kier alpha value is -2.04. The molecule has 0 saturated heterocycles. The van der Waals surface area contributed by atoms with Crippen LogP contribution in [-0.4, -0.2) is 35.4 Å². The third-order valence-electron chi connectivity index (χ3n) is 1.90. The van der Waals surface area contributed by atoms with E-state index in [-0.39, 0.29) is 18.3 Å². The Labute approximate surface area is 87.8 Å². The molecular weight excluding hydrogens is 194 g/mol. The van der Waals surface area contributed by atoms with Crippen molar-refractivity contribution in [3.63, 3.8) is 0 Å². The molecule has 0 saturated carbocycles. The van der Waals surface area contributed by atoms with E-state index in [4.69, 9.17) is 10.9 Å². The number of rotatable bonds is 3. The first kappa shape index (κ1) is 11.0. The molecule has 5 nitrogen and oxygen atoms in total. The molecule has 0 bridgehead atoms. The molecule has 1 amide bonds. The van der Waals surface area contributed by atoms with Crippen molar-refractivity contribution in [1.82, 2.24) is 4.90 Å². The van der Waals surface area contributed by atoms with Crippen LogP contribution in [-0.2, 0) is 0 Å². The van der Waals surface area contributed by atoms with Crippen LogP contribution in [0.3, 0.4) is 0 Å². The predicted octanol–water partition coefficient (Wildman–Crippen LogP) is 0.505. The average molecular weight is 207 g/mol. The Morgan fingerprint density at radius 3 is 2.60 bits per heavy atom. The van der Waals surface area contributed by atoms with Crippen molar-refractivity contribution < 1.29 is 10.0 Å². The summed E-state index contributed by atoms with van der Waals surface area (Å²) in [5.74, 6) is -0.163. The lowest BCUT2D eigenvalue weighted by Gasteiger charge is -2.15. The monoisotopic (exact) mass is 207 g/mol. The number of likely N-dealkylation sites (N-methyl/N-ethyl adjacent to an activating group) is 1. The molecule has 0 aromatic heterocycles. The van der Waals surface area contributed by atoms with Crippen molar-refractivity contribution in [2.75, 3.05) is 13.6 Å². The van der Waals surface area contributed by atoms with Gasteiger partial charge in [-0.15, -0.1) is 0 Å². The maximum absolute atomic E-state index is 11.7. The Morgan fingerprint density at radius 1 is 1.47 bits per heavy atom. The lowest BCUT2D eigenvalue weighted by atomic mass is 10.2. The second kappa shape index (κ2) is 4.99. The molecule has 1 aromatic rings. The van der Waals surface area contributed by atoms with Gasteiger partial charge in [0.15, 0.2) is 5.84 Å². The maximum Gasteiger partial charge on any atom is 0.254 e. The number of carbonyl (C=O) groups excluding carboxylic acids is 1. The Balaban J connectivity index is 2.70. The number of hydrogen-bond donors (Lipinski definition) is 2. The van der Waals surface area contributed by atoms with Crippen molar-refractivity contribution in [1.29, 1.82) is 0 Å². The third-order valence-corrected chi connectivity index (χ3v) is 1.90. The van der Waals surface area contributed by atoms with Gasteiger partial charge in [0, 0.05) is 12.6 Å². The van der Waals surface area contributed by atoms with Gasteiger partial charge in [-0.25, -0.2) is 0 Å². The van der Waals surface area contributed by atoms with Crippen molar-refractivity contribution in [3.05, 3.63) is 35.9 Å². The number of hydrogen-bond acceptors (Lipinski definition) is 3. The number of amidine groups is 1. The van der Waals surface area contributed by atoms with Crippen LogP contribution in [0.25, 0.3) is 0 Å². The number of benzene rings is 1. The average Bonchev–Trinajstić information content (AvgIpc) is 2.29. The van der Waals surface area contributed by atoms with Gasteiger partial charge in [-0.1, -0.05) is 23.4 Å². The van der Waals surface area contributed by atoms with Crippen LogP contribution in [0.1, 0.15) is 10.4 Å². The number of oxime groups is 1. The van der Waals surface area contributed by atoms with Crippen LogP contribution in [0.15, 0.2) is 35.5 Å². The quantitative estimate of drug-likeness (QED) is 0.328. The van der Waals surface area contributed by atoms with E-state index in [9.17, 15) is 4.79 Å². The number of nitrogens with two attached hydrogens (primary N) is 1. The molecule has 0 heterocycles. The van der Waals surface area contributed by atoms with E-state index in [1.807, 2.05) is 6.07 Å². The van der Waals surface area contributed by atoms with E-state index >= 15 is 0 Å². The Kier molecular flexibility index (Phi) is 3.68. The number of amides is 1. The van der Waals surface area contributed by atoms with Gasteiger partial charge in [-0.3, -0.25) is 4.79 Å². The van der Waals surface area contributed by atoms with Crippen molar-refractivity contribution >= 4 is 11.7 Å². The minimum Gasteiger partial charge on any atom is -0.409 e. The highest BCUT2D eigenvalue weighted by Crippen LogP contribution is 2.02. The molecular formula is C10H13N3O2. The third kappa shape index (κ3) is 2.98. The van der Waals surface area contributed by atoms with E-state index in [0.29, 0.717) is 5.56 Å². The molecule has 1 rings (SSSR count). The minimum absolute atomic E-state index is 0.00165. The van der Waals surface area contributed by atoms with Crippen LogP contribution >= 0.6 is 0 Å². The smallest absolute Gasteiger partial charge is 0.254 e. The molecule has 0 aliphatic heterocycles. The molecule has 1 aromatic carbocycles. The topological polar surface area (TPSA) is 78.9 Å². The van der Waals surface area contributed by atoms with Crippen LogP contribution in [0.2, 0.25) is 0 Å². The summed E-state index contributed by atoms with van der Waals surface area (Å²) in [4.78, 5) is 13.1. The van der Waals surface area contributed by atoms with Gasteiger partial charge in [-0.2, -0.15) is 0 Å². The van der Waals surface area contributed by atoms with Gasteiger partial charge in [0.05, 0.1) is 6.54 Å². The number of carbonyl (C=O) groups is 1. The lowest BCUT2D eigenvalue weighted by molar-refractivity contribution is 0.0813. The maximum atomic E-state index is 11.7. The van der Waals surface area contributed by atoms with Crippen LogP contribution < -0.4 is 5.73 Å². The van der Waals surface area contributed by atoms with E-state index in [1.54, 1.807) is 31.3 Å². The van der Waals surface area contributed by atoms with Gasteiger partial charge in [0.2, 0.25) is 0 Å². The van der Waals surface area contributed by atoms with Crippen molar-refractivity contribution in [2.45, 2.75) is 0 Å². The van der Waals surface area contributed by atoms with E-state index < -0.39 is 0 Å². The van der Waals surface area contributed by atoms with Gasteiger partial charge in [-0.05, 0) is 12.1 Å². The highest BCUT2D eigenvalue weighted by Gasteiger charge is 2.11. The molecule has 80 valence electrons. The van der Waals surface area contributed by atoms with Gasteiger partial charge >= 0.3 is 0 Å². The van der Waals surface area contributed by atoms with Gasteiger partial charge < -0.3 is 15.8 Å². The second-order valence-electron chi connectivity index (χ2n) is 3.12. The molecule has 0 atom stereocenters. The molecule has 0 spiro atoms. The summed E-state index contributed by atoms with van der Waals surface area (Å²) in [6.07, 6.45) is 0. The molecule has 0 radical (unpaired) electrons. The van der Waals surface area contributed by atoms with Gasteiger partial charge in [0.1, 0.15) is 0 Å². The van der Waals surface area contributed by atoms with E-state index in [1.165, 1.54) is 4.90 Å². The first-order chi connectivity index (χ1) is 7.15. The Morgan fingerprint density at radius 2 is 2.07 bits per heavy atom. The fraction of sp³-hybridized carbons (Fsp3) is 0.200. The first-order valence-electron chi connectivity index (χ1n) is 4.42. The zero-order valence-corrected chi connectivity index (χ0v) is 8.42. The molecule has 0 aliphatic carbocycles. The molecule has 0 aliphatic rings. The molecule has 0 fully saturated rings. The summed E-state index contributed by atoms with van der Waals surface area (Å²) >= 11 is 0. The highest BCUT2D eigenvalue weighted by atomic mass is 16.4. The summed E-state index contributed by atoms with van der Waals surface area (Å²) in [6, 6.07) is 8.83. The molecule has 15 heavy (non-hydrogen) atoms. The van der Waals surface area contributed by atoms with Crippen molar-refractivity contribution in [3.8, 4) is 0 Å². The van der Waals surface area contributed by atoms with E-state index in [2.05, 4.69) is 5.16 Å². The number of nitrogens with zero attached hydrogens (tertiary/aromatic N) is 2. The fourth-order valence-electron chi connectivity index (χ4n) is 1.15. The van der Waals surface area contributed by atoms with Gasteiger partial charge in [0.25, 0.3) is 5.91 Å². The minimum atomic E-state index is -0.165. The summed E-state index contributed by atoms with van der Waals surface area (Å²) in [6.45, 7) is 0.101. The normalized spacial score (nSPS) is 11.1. The van der Waals surface area contributed by atoms with Crippen LogP contribution in [0.4, 0.5) is 0 Å². The zero-order chi connectivity index (χ0) is 11.3. The van der Waals surface area contributed by atoms with E-state index in [0.717, 1.165) is 0 Å². The molecule has 3 N–H and O–H groups in total. The standard InChI is InChI=1S/C10H13N3O2/c1-13(7-9(11)12-15)10(14)8-5-3-2-4-6-8/h2-6,15H,7H2,1H3,(H2,11,12). The first-order valence-corrected chi connectivity index (χ1v) is 4.42. The van der Waals surface area contributed by atoms with Crippen LogP contribution in [0, 0.1) is 0 Å². The zero-order valence-electron chi connectivity index (χ0n) is 8.42. The molecule has 0 unspecified atom stereocenters. The predicted molar refractivity (Wildman–Crippen MR) is 56.8 cm³/mol.